The molecule has 1 N–H and O–H groups in total. The third-order valence-corrected chi connectivity index (χ3v) is 6.34. The van der Waals surface area contributed by atoms with Gasteiger partial charge in [-0.3, -0.25) is 4.98 Å². The number of para-hydroxylation sites is 1. The van der Waals surface area contributed by atoms with Gasteiger partial charge in [0.15, 0.2) is 5.11 Å². The number of ether oxygens (including phenoxy) is 1. The minimum Gasteiger partial charge on any atom is -0.465 e. The number of aromatic nitrogens is 2. The van der Waals surface area contributed by atoms with E-state index in [4.69, 9.17) is 17.0 Å². The minimum absolute atomic E-state index is 0.187. The Labute approximate surface area is 203 Å². The van der Waals surface area contributed by atoms with E-state index < -0.39 is 0 Å². The molecule has 0 aliphatic carbocycles. The van der Waals surface area contributed by atoms with Crippen molar-refractivity contribution in [1.82, 2.24) is 14.9 Å². The van der Waals surface area contributed by atoms with Gasteiger partial charge in [0.1, 0.15) is 6.04 Å². The highest BCUT2D eigenvalue weighted by molar-refractivity contribution is 7.80. The Balaban J connectivity index is 1.70. The van der Waals surface area contributed by atoms with Crippen LogP contribution in [-0.4, -0.2) is 27.7 Å². The Hall–Kier alpha value is -3.97. The van der Waals surface area contributed by atoms with Crippen molar-refractivity contribution < 1.29 is 9.53 Å². The fraction of sp³-hybridized carbons (Fsp3) is 0.148. The predicted molar refractivity (Wildman–Crippen MR) is 136 cm³/mol. The summed E-state index contributed by atoms with van der Waals surface area (Å²) in [5.41, 5.74) is 5.24. The first kappa shape index (κ1) is 21.9. The van der Waals surface area contributed by atoms with Crippen molar-refractivity contribution in [2.75, 3.05) is 12.0 Å². The minimum atomic E-state index is -0.382. The van der Waals surface area contributed by atoms with Gasteiger partial charge in [0, 0.05) is 23.8 Å². The van der Waals surface area contributed by atoms with Crippen molar-refractivity contribution in [2.45, 2.75) is 19.0 Å². The Kier molecular flexibility index (Phi) is 5.86. The van der Waals surface area contributed by atoms with Gasteiger partial charge in [0.05, 0.1) is 30.1 Å². The largest absolute Gasteiger partial charge is 0.465 e. The van der Waals surface area contributed by atoms with Crippen LogP contribution in [0.25, 0.3) is 5.69 Å². The molecule has 170 valence electrons. The van der Waals surface area contributed by atoms with E-state index in [1.54, 1.807) is 12.3 Å². The van der Waals surface area contributed by atoms with Crippen LogP contribution in [0.4, 0.5) is 5.69 Å². The predicted octanol–water partition coefficient (Wildman–Crippen LogP) is 5.14. The van der Waals surface area contributed by atoms with E-state index in [0.717, 1.165) is 28.3 Å². The summed E-state index contributed by atoms with van der Waals surface area (Å²) in [6.07, 6.45) is 3.75. The van der Waals surface area contributed by atoms with Gasteiger partial charge < -0.3 is 19.5 Å². The van der Waals surface area contributed by atoms with Crippen molar-refractivity contribution in [3.05, 3.63) is 114 Å². The second kappa shape index (κ2) is 9.11. The molecule has 2 aromatic carbocycles. The third kappa shape index (κ3) is 3.84. The van der Waals surface area contributed by atoms with Gasteiger partial charge >= 0.3 is 5.97 Å². The molecule has 1 fully saturated rings. The molecule has 2 aromatic heterocycles. The van der Waals surface area contributed by atoms with Crippen LogP contribution in [0.3, 0.4) is 0 Å². The lowest BCUT2D eigenvalue weighted by Gasteiger charge is -2.29. The molecule has 5 rings (SSSR count). The molecule has 34 heavy (non-hydrogen) atoms. The second-order valence-electron chi connectivity index (χ2n) is 8.15. The molecule has 1 aliphatic heterocycles. The van der Waals surface area contributed by atoms with Crippen LogP contribution >= 0.6 is 12.2 Å². The average Bonchev–Trinajstić information content (AvgIpc) is 3.48. The van der Waals surface area contributed by atoms with E-state index in [1.165, 1.54) is 7.11 Å². The van der Waals surface area contributed by atoms with Gasteiger partial charge in [-0.1, -0.05) is 30.3 Å². The first-order valence-corrected chi connectivity index (χ1v) is 11.4. The molecule has 1 saturated heterocycles. The smallest absolute Gasteiger partial charge is 0.339 e. The highest BCUT2D eigenvalue weighted by Crippen LogP contribution is 2.42. The fourth-order valence-corrected chi connectivity index (χ4v) is 4.88. The molecular formula is C27H24N4O2S. The molecule has 6 nitrogen and oxygen atoms in total. The summed E-state index contributed by atoms with van der Waals surface area (Å²) in [6.45, 7) is 2.07. The van der Waals surface area contributed by atoms with E-state index in [-0.39, 0.29) is 18.1 Å². The summed E-state index contributed by atoms with van der Waals surface area (Å²) in [5.74, 6) is -0.382. The van der Waals surface area contributed by atoms with Crippen LogP contribution in [0, 0.1) is 6.92 Å². The van der Waals surface area contributed by atoms with Crippen molar-refractivity contribution in [3.63, 3.8) is 0 Å². The lowest BCUT2D eigenvalue weighted by molar-refractivity contribution is 0.0600. The van der Waals surface area contributed by atoms with Crippen LogP contribution in [-0.2, 0) is 4.74 Å². The number of pyridine rings is 1. The molecule has 4 aromatic rings. The molecule has 0 spiro atoms. The van der Waals surface area contributed by atoms with Crippen LogP contribution in [0.2, 0.25) is 0 Å². The van der Waals surface area contributed by atoms with Gasteiger partial charge in [-0.25, -0.2) is 4.79 Å². The molecule has 0 saturated carbocycles. The molecule has 0 radical (unpaired) electrons. The van der Waals surface area contributed by atoms with E-state index in [1.807, 2.05) is 59.3 Å². The van der Waals surface area contributed by atoms with E-state index in [0.29, 0.717) is 10.7 Å². The third-order valence-electron chi connectivity index (χ3n) is 6.03. The van der Waals surface area contributed by atoms with Crippen LogP contribution in [0.15, 0.2) is 91.3 Å². The second-order valence-corrected chi connectivity index (χ2v) is 8.53. The number of thiocarbonyl (C=S) groups is 1. The number of anilines is 1. The number of nitrogens with one attached hydrogen (secondary N) is 1. The summed E-state index contributed by atoms with van der Waals surface area (Å²) < 4.78 is 7.08. The number of hydrogen-bond donors (Lipinski definition) is 1. The number of carbonyl (C=O) groups excluding carboxylic acids is 1. The maximum Gasteiger partial charge on any atom is 0.339 e. The summed E-state index contributed by atoms with van der Waals surface area (Å²) in [7, 11) is 1.39. The Morgan fingerprint density at radius 1 is 1.03 bits per heavy atom. The number of hydrogen-bond acceptors (Lipinski definition) is 4. The monoisotopic (exact) mass is 468 g/mol. The van der Waals surface area contributed by atoms with Gasteiger partial charge in [-0.15, -0.1) is 0 Å². The number of esters is 1. The van der Waals surface area contributed by atoms with E-state index >= 15 is 0 Å². The quantitative estimate of drug-likeness (QED) is 0.323. The number of nitrogens with zero attached hydrogens (tertiary/aromatic N) is 3. The van der Waals surface area contributed by atoms with E-state index in [2.05, 4.69) is 46.4 Å². The average molecular weight is 469 g/mol. The van der Waals surface area contributed by atoms with Gasteiger partial charge in [0.25, 0.3) is 0 Å². The van der Waals surface area contributed by atoms with Crippen molar-refractivity contribution in [1.29, 1.82) is 0 Å². The zero-order valence-corrected chi connectivity index (χ0v) is 19.7. The first-order valence-electron chi connectivity index (χ1n) is 11.0. The first-order chi connectivity index (χ1) is 16.6. The number of carbonyl (C=O) groups is 1. The molecule has 1 aliphatic rings. The summed E-state index contributed by atoms with van der Waals surface area (Å²) in [6, 6.07) is 25.3. The van der Waals surface area contributed by atoms with Gasteiger partial charge in [0.2, 0.25) is 0 Å². The van der Waals surface area contributed by atoms with Crippen LogP contribution in [0.5, 0.6) is 0 Å². The summed E-state index contributed by atoms with van der Waals surface area (Å²) in [5, 5.41) is 4.12. The maximum absolute atomic E-state index is 12.5. The van der Waals surface area contributed by atoms with Crippen LogP contribution in [0.1, 0.15) is 39.4 Å². The summed E-state index contributed by atoms with van der Waals surface area (Å²) >= 11 is 5.84. The van der Waals surface area contributed by atoms with Crippen molar-refractivity contribution in [3.8, 4) is 5.69 Å². The lowest BCUT2D eigenvalue weighted by atomic mass is 10.00. The zero-order valence-electron chi connectivity index (χ0n) is 18.9. The van der Waals surface area contributed by atoms with Gasteiger partial charge in [-0.05, 0) is 73.2 Å². The van der Waals surface area contributed by atoms with Gasteiger partial charge in [-0.2, -0.15) is 0 Å². The lowest BCUT2D eigenvalue weighted by Crippen LogP contribution is -2.30. The van der Waals surface area contributed by atoms with Crippen LogP contribution < -0.4 is 10.2 Å². The molecule has 3 heterocycles. The molecule has 7 heteroatoms. The standard InChI is InChI=1S/C27H24N4O2S/c1-18-9-7-10-19(17-18)31-25(24(29-27(31)34)21-12-5-6-15-28-21)23-14-8-16-30(23)22-13-4-3-11-20(22)26(32)33-2/h3-17,24-25H,1-2H3,(H,29,34)/t24-,25+/m0/s1. The van der Waals surface area contributed by atoms with Crippen molar-refractivity contribution >= 4 is 29.0 Å². The Bertz CT molecular complexity index is 1350. The molecule has 0 unspecified atom stereocenters. The Morgan fingerprint density at radius 3 is 2.62 bits per heavy atom. The number of aryl methyl sites for hydroxylation is 1. The summed E-state index contributed by atoms with van der Waals surface area (Å²) in [4.78, 5) is 19.3. The molecule has 0 bridgehead atoms. The normalized spacial score (nSPS) is 17.5. The number of rotatable bonds is 5. The number of methoxy groups -OCH3 is 1. The maximum atomic E-state index is 12.5. The number of benzene rings is 2. The SMILES string of the molecule is COC(=O)c1ccccc1-n1cccc1[C@@H]1[C@H](c2ccccn2)NC(=S)N1c1cccc(C)c1. The van der Waals surface area contributed by atoms with Crippen molar-refractivity contribution in [2.24, 2.45) is 0 Å². The van der Waals surface area contributed by atoms with E-state index in [9.17, 15) is 4.79 Å². The zero-order chi connectivity index (χ0) is 23.7. The highest BCUT2D eigenvalue weighted by Gasteiger charge is 2.42. The molecular weight excluding hydrogens is 444 g/mol. The fourth-order valence-electron chi connectivity index (χ4n) is 4.53. The highest BCUT2D eigenvalue weighted by atomic mass is 32.1. The molecule has 2 atom stereocenters. The topological polar surface area (TPSA) is 59.4 Å². The molecule has 0 amide bonds. The Morgan fingerprint density at radius 2 is 1.85 bits per heavy atom.